The first-order valence-corrected chi connectivity index (χ1v) is 6.17. The van der Waals surface area contributed by atoms with Crippen LogP contribution in [0.1, 0.15) is 12.6 Å². The van der Waals surface area contributed by atoms with E-state index < -0.39 is 18.4 Å². The standard InChI is InChI=1S/C10H13N5O3S/c11-8-7-9(14-10(19)13-8)15(3-12-7)6-1-4(17)5(2-16)18-6/h3-6,16-17H,1-2H2,(H3,11,13,14,19)/t4-,5+,6+/m0/s1. The van der Waals surface area contributed by atoms with Crippen molar-refractivity contribution in [3.05, 3.63) is 11.1 Å². The van der Waals surface area contributed by atoms with E-state index in [0.29, 0.717) is 23.4 Å². The Hall–Kier alpha value is -1.55. The molecular weight excluding hydrogens is 270 g/mol. The van der Waals surface area contributed by atoms with Crippen LogP contribution in [0.3, 0.4) is 0 Å². The molecule has 3 rings (SSSR count). The highest BCUT2D eigenvalue weighted by Gasteiger charge is 2.35. The van der Waals surface area contributed by atoms with Crippen LogP contribution >= 0.6 is 12.2 Å². The molecule has 8 nitrogen and oxygen atoms in total. The first-order valence-electron chi connectivity index (χ1n) is 5.77. The quantitative estimate of drug-likeness (QED) is 0.559. The lowest BCUT2D eigenvalue weighted by molar-refractivity contribution is -0.0432. The minimum Gasteiger partial charge on any atom is -0.394 e. The second kappa shape index (κ2) is 4.53. The summed E-state index contributed by atoms with van der Waals surface area (Å²) in [5, 5.41) is 18.8. The first kappa shape index (κ1) is 12.5. The van der Waals surface area contributed by atoms with E-state index in [1.165, 1.54) is 6.33 Å². The van der Waals surface area contributed by atoms with Gasteiger partial charge in [-0.25, -0.2) is 4.98 Å². The average Bonchev–Trinajstić information content (AvgIpc) is 2.92. The van der Waals surface area contributed by atoms with Gasteiger partial charge in [0.05, 0.1) is 19.0 Å². The molecule has 2 aromatic heterocycles. The summed E-state index contributed by atoms with van der Waals surface area (Å²) in [6.45, 7) is -0.236. The van der Waals surface area contributed by atoms with Gasteiger partial charge < -0.3 is 25.7 Å². The van der Waals surface area contributed by atoms with Crippen molar-refractivity contribution in [3.8, 4) is 0 Å². The fraction of sp³-hybridized carbons (Fsp3) is 0.500. The Bertz CT molecular complexity index is 669. The van der Waals surface area contributed by atoms with Gasteiger partial charge >= 0.3 is 0 Å². The molecule has 0 aromatic carbocycles. The molecule has 0 bridgehead atoms. The Morgan fingerprint density at radius 2 is 2.42 bits per heavy atom. The zero-order valence-electron chi connectivity index (χ0n) is 9.85. The molecule has 19 heavy (non-hydrogen) atoms. The summed E-state index contributed by atoms with van der Waals surface area (Å²) in [6, 6.07) is 0. The van der Waals surface area contributed by atoms with Crippen molar-refractivity contribution in [2.24, 2.45) is 0 Å². The SMILES string of the molecule is Nc1[nH]c(=S)nc2c1ncn2[C@H]1C[C@H](O)[C@@H](CO)O1. The number of aromatic nitrogens is 4. The van der Waals surface area contributed by atoms with Crippen LogP contribution < -0.4 is 5.73 Å². The third-order valence-electron chi connectivity index (χ3n) is 3.17. The maximum Gasteiger partial charge on any atom is 0.200 e. The number of nitrogens with zero attached hydrogens (tertiary/aromatic N) is 3. The molecule has 0 amide bonds. The normalized spacial score (nSPS) is 27.2. The van der Waals surface area contributed by atoms with E-state index in [0.717, 1.165) is 0 Å². The van der Waals surface area contributed by atoms with Crippen LogP contribution in [0.2, 0.25) is 0 Å². The van der Waals surface area contributed by atoms with Crippen LogP contribution in [0.4, 0.5) is 5.82 Å². The number of aromatic amines is 1. The smallest absolute Gasteiger partial charge is 0.200 e. The number of ether oxygens (including phenoxy) is 1. The largest absolute Gasteiger partial charge is 0.394 e. The summed E-state index contributed by atoms with van der Waals surface area (Å²) in [7, 11) is 0. The zero-order valence-corrected chi connectivity index (χ0v) is 10.7. The fourth-order valence-electron chi connectivity index (χ4n) is 2.21. The number of nitrogen functional groups attached to an aromatic ring is 1. The molecule has 0 saturated carbocycles. The topological polar surface area (TPSA) is 122 Å². The van der Waals surface area contributed by atoms with Gasteiger partial charge in [0.1, 0.15) is 23.7 Å². The molecule has 1 fully saturated rings. The highest BCUT2D eigenvalue weighted by molar-refractivity contribution is 7.71. The number of anilines is 1. The van der Waals surface area contributed by atoms with Crippen LogP contribution in [-0.2, 0) is 4.74 Å². The lowest BCUT2D eigenvalue weighted by Crippen LogP contribution is -2.24. The van der Waals surface area contributed by atoms with Crippen LogP contribution in [-0.4, -0.2) is 48.5 Å². The number of aliphatic hydroxyl groups is 2. The Morgan fingerprint density at radius 3 is 3.11 bits per heavy atom. The van der Waals surface area contributed by atoms with Crippen LogP contribution in [0.5, 0.6) is 0 Å². The molecular formula is C10H13N5O3S. The lowest BCUT2D eigenvalue weighted by Gasteiger charge is -2.13. The van der Waals surface area contributed by atoms with Crippen molar-refractivity contribution in [2.45, 2.75) is 24.9 Å². The highest BCUT2D eigenvalue weighted by atomic mass is 32.1. The van der Waals surface area contributed by atoms with E-state index in [9.17, 15) is 5.11 Å². The second-order valence-corrected chi connectivity index (χ2v) is 4.78. The first-order chi connectivity index (χ1) is 9.10. The van der Waals surface area contributed by atoms with Crippen LogP contribution in [0, 0.1) is 4.77 Å². The number of imidazole rings is 1. The third kappa shape index (κ3) is 2.00. The van der Waals surface area contributed by atoms with Gasteiger partial charge in [-0.1, -0.05) is 0 Å². The molecule has 3 heterocycles. The van der Waals surface area contributed by atoms with Gasteiger partial charge in [0.15, 0.2) is 10.4 Å². The van der Waals surface area contributed by atoms with Gasteiger partial charge in [0.25, 0.3) is 0 Å². The Morgan fingerprint density at radius 1 is 1.63 bits per heavy atom. The molecule has 0 radical (unpaired) electrons. The van der Waals surface area contributed by atoms with Crippen molar-refractivity contribution < 1.29 is 14.9 Å². The van der Waals surface area contributed by atoms with E-state index >= 15 is 0 Å². The summed E-state index contributed by atoms with van der Waals surface area (Å²) >= 11 is 4.98. The molecule has 2 aromatic rings. The van der Waals surface area contributed by atoms with Crippen LogP contribution in [0.25, 0.3) is 11.2 Å². The summed E-state index contributed by atoms with van der Waals surface area (Å²) in [5.41, 5.74) is 6.78. The molecule has 1 aliphatic rings. The predicted octanol–water partition coefficient (Wildman–Crippen LogP) is -0.288. The highest BCUT2D eigenvalue weighted by Crippen LogP contribution is 2.31. The molecule has 1 aliphatic heterocycles. The number of fused-ring (bicyclic) bond motifs is 1. The predicted molar refractivity (Wildman–Crippen MR) is 68.7 cm³/mol. The van der Waals surface area contributed by atoms with Crippen molar-refractivity contribution in [1.82, 2.24) is 19.5 Å². The molecule has 1 saturated heterocycles. The van der Waals surface area contributed by atoms with E-state index in [1.807, 2.05) is 0 Å². The van der Waals surface area contributed by atoms with E-state index in [1.54, 1.807) is 4.57 Å². The van der Waals surface area contributed by atoms with Crippen molar-refractivity contribution >= 4 is 29.2 Å². The fourth-order valence-corrected chi connectivity index (χ4v) is 2.41. The number of hydrogen-bond donors (Lipinski definition) is 4. The third-order valence-corrected chi connectivity index (χ3v) is 3.36. The number of H-pyrrole nitrogens is 1. The summed E-state index contributed by atoms with van der Waals surface area (Å²) in [5.74, 6) is 0.339. The van der Waals surface area contributed by atoms with Gasteiger partial charge in [0, 0.05) is 6.42 Å². The van der Waals surface area contributed by atoms with E-state index in [4.69, 9.17) is 27.8 Å². The lowest BCUT2D eigenvalue weighted by atomic mass is 10.2. The van der Waals surface area contributed by atoms with Gasteiger partial charge in [0.2, 0.25) is 0 Å². The summed E-state index contributed by atoms with van der Waals surface area (Å²) < 4.78 is 7.47. The Balaban J connectivity index is 2.05. The molecule has 0 unspecified atom stereocenters. The Labute approximate surface area is 112 Å². The number of aliphatic hydroxyl groups excluding tert-OH is 2. The summed E-state index contributed by atoms with van der Waals surface area (Å²) in [6.07, 6.45) is 0.124. The monoisotopic (exact) mass is 283 g/mol. The van der Waals surface area contributed by atoms with Gasteiger partial charge in [-0.2, -0.15) is 4.98 Å². The number of nitrogens with two attached hydrogens (primary N) is 1. The minimum absolute atomic E-state index is 0.236. The zero-order chi connectivity index (χ0) is 13.6. The molecule has 9 heteroatoms. The number of hydrogen-bond acceptors (Lipinski definition) is 7. The van der Waals surface area contributed by atoms with E-state index in [2.05, 4.69) is 15.0 Å². The van der Waals surface area contributed by atoms with Crippen molar-refractivity contribution in [2.75, 3.05) is 12.3 Å². The minimum atomic E-state index is -0.719. The molecule has 0 aliphatic carbocycles. The maximum atomic E-state index is 9.75. The second-order valence-electron chi connectivity index (χ2n) is 4.39. The molecule has 102 valence electrons. The molecule has 5 N–H and O–H groups in total. The van der Waals surface area contributed by atoms with Crippen molar-refractivity contribution in [3.63, 3.8) is 0 Å². The maximum absolute atomic E-state index is 9.75. The average molecular weight is 283 g/mol. The summed E-state index contributed by atoms with van der Waals surface area (Å²) in [4.78, 5) is 11.0. The van der Waals surface area contributed by atoms with Gasteiger partial charge in [-0.15, -0.1) is 0 Å². The van der Waals surface area contributed by atoms with Gasteiger partial charge in [-0.05, 0) is 12.2 Å². The molecule has 0 spiro atoms. The van der Waals surface area contributed by atoms with Gasteiger partial charge in [-0.3, -0.25) is 4.57 Å². The number of nitrogens with one attached hydrogen (secondary N) is 1. The number of rotatable bonds is 2. The molecule has 3 atom stereocenters. The van der Waals surface area contributed by atoms with Crippen LogP contribution in [0.15, 0.2) is 6.33 Å². The van der Waals surface area contributed by atoms with E-state index in [-0.39, 0.29) is 11.4 Å². The Kier molecular flexibility index (Phi) is 2.97. The van der Waals surface area contributed by atoms with Crippen molar-refractivity contribution in [1.29, 1.82) is 0 Å².